The van der Waals surface area contributed by atoms with Crippen LogP contribution in [0.3, 0.4) is 0 Å². The van der Waals surface area contributed by atoms with Crippen LogP contribution in [0.5, 0.6) is 5.75 Å². The SMILES string of the molecule is C[C@H](N)C(=O)Oc1ccccc1N=Nc1ccc(NC(=O)CNC(=O)c2ccccc2)nc1N. The Morgan fingerprint density at radius 2 is 1.65 bits per heavy atom. The molecule has 6 N–H and O–H groups in total. The van der Waals surface area contributed by atoms with Crippen molar-refractivity contribution in [3.05, 3.63) is 72.3 Å². The number of rotatable bonds is 8. The zero-order valence-electron chi connectivity index (χ0n) is 18.3. The lowest BCUT2D eigenvalue weighted by atomic mass is 10.2. The van der Waals surface area contributed by atoms with Crippen LogP contribution in [0.25, 0.3) is 0 Å². The molecule has 0 saturated heterocycles. The number of aromatic nitrogens is 1. The van der Waals surface area contributed by atoms with Gasteiger partial charge in [0.1, 0.15) is 23.2 Å². The molecule has 11 heteroatoms. The summed E-state index contributed by atoms with van der Waals surface area (Å²) in [6.07, 6.45) is 0. The number of pyridine rings is 1. The minimum Gasteiger partial charge on any atom is -0.423 e. The summed E-state index contributed by atoms with van der Waals surface area (Å²) in [7, 11) is 0. The van der Waals surface area contributed by atoms with Crippen LogP contribution in [0.2, 0.25) is 0 Å². The number of benzene rings is 2. The van der Waals surface area contributed by atoms with E-state index in [4.69, 9.17) is 16.2 Å². The summed E-state index contributed by atoms with van der Waals surface area (Å²) in [5.41, 5.74) is 12.4. The summed E-state index contributed by atoms with van der Waals surface area (Å²) in [4.78, 5) is 40.0. The number of amides is 2. The zero-order chi connectivity index (χ0) is 24.5. The largest absolute Gasteiger partial charge is 0.423 e. The Kier molecular flexibility index (Phi) is 7.97. The van der Waals surface area contributed by atoms with Crippen molar-refractivity contribution in [1.82, 2.24) is 10.3 Å². The number of azo groups is 1. The van der Waals surface area contributed by atoms with Gasteiger partial charge < -0.3 is 26.8 Å². The van der Waals surface area contributed by atoms with Crippen molar-refractivity contribution in [2.75, 3.05) is 17.6 Å². The van der Waals surface area contributed by atoms with Gasteiger partial charge in [0.15, 0.2) is 11.6 Å². The maximum absolute atomic E-state index is 12.1. The lowest BCUT2D eigenvalue weighted by Gasteiger charge is -2.09. The van der Waals surface area contributed by atoms with Crippen LogP contribution < -0.4 is 26.8 Å². The van der Waals surface area contributed by atoms with Crippen molar-refractivity contribution in [1.29, 1.82) is 0 Å². The van der Waals surface area contributed by atoms with E-state index in [1.807, 2.05) is 0 Å². The highest BCUT2D eigenvalue weighted by Crippen LogP contribution is 2.30. The third-order valence-electron chi connectivity index (χ3n) is 4.33. The molecular formula is C23H23N7O4. The topological polar surface area (TPSA) is 174 Å². The van der Waals surface area contributed by atoms with E-state index >= 15 is 0 Å². The van der Waals surface area contributed by atoms with Crippen LogP contribution in [0.4, 0.5) is 23.0 Å². The number of ether oxygens (including phenoxy) is 1. The first-order valence-electron chi connectivity index (χ1n) is 10.2. The Morgan fingerprint density at radius 3 is 2.35 bits per heavy atom. The maximum atomic E-state index is 12.1. The van der Waals surface area contributed by atoms with Crippen molar-refractivity contribution in [2.24, 2.45) is 16.0 Å². The molecule has 1 atom stereocenters. The van der Waals surface area contributed by atoms with E-state index < -0.39 is 17.9 Å². The summed E-state index contributed by atoms with van der Waals surface area (Å²) < 4.78 is 5.21. The van der Waals surface area contributed by atoms with Crippen LogP contribution in [0, 0.1) is 0 Å². The molecule has 0 unspecified atom stereocenters. The van der Waals surface area contributed by atoms with Crippen molar-refractivity contribution < 1.29 is 19.1 Å². The molecule has 34 heavy (non-hydrogen) atoms. The van der Waals surface area contributed by atoms with Crippen molar-refractivity contribution in [3.63, 3.8) is 0 Å². The summed E-state index contributed by atoms with van der Waals surface area (Å²) >= 11 is 0. The molecule has 0 fully saturated rings. The van der Waals surface area contributed by atoms with Crippen LogP contribution in [-0.4, -0.2) is 35.4 Å². The predicted octanol–water partition coefficient (Wildman–Crippen LogP) is 2.70. The number of hydrogen-bond donors (Lipinski definition) is 4. The number of para-hydroxylation sites is 1. The predicted molar refractivity (Wildman–Crippen MR) is 126 cm³/mol. The first kappa shape index (κ1) is 24.0. The smallest absolute Gasteiger partial charge is 0.328 e. The fraction of sp³-hybridized carbons (Fsp3) is 0.130. The Hall–Kier alpha value is -4.64. The summed E-state index contributed by atoms with van der Waals surface area (Å²) in [5, 5.41) is 13.2. The molecule has 174 valence electrons. The Labute approximate surface area is 195 Å². The fourth-order valence-electron chi connectivity index (χ4n) is 2.60. The molecule has 2 aromatic carbocycles. The quantitative estimate of drug-likeness (QED) is 0.226. The van der Waals surface area contributed by atoms with Crippen LogP contribution in [0.1, 0.15) is 17.3 Å². The lowest BCUT2D eigenvalue weighted by molar-refractivity contribution is -0.135. The second-order valence-corrected chi connectivity index (χ2v) is 7.08. The van der Waals surface area contributed by atoms with Gasteiger partial charge in [-0.25, -0.2) is 9.78 Å². The average molecular weight is 461 g/mol. The van der Waals surface area contributed by atoms with Gasteiger partial charge in [0, 0.05) is 5.56 Å². The lowest BCUT2D eigenvalue weighted by Crippen LogP contribution is -2.33. The second kappa shape index (κ2) is 11.3. The highest BCUT2D eigenvalue weighted by molar-refractivity contribution is 5.99. The monoisotopic (exact) mass is 461 g/mol. The zero-order valence-corrected chi connectivity index (χ0v) is 18.3. The van der Waals surface area contributed by atoms with E-state index in [-0.39, 0.29) is 35.5 Å². The highest BCUT2D eigenvalue weighted by Gasteiger charge is 2.13. The molecular weight excluding hydrogens is 438 g/mol. The number of nitrogens with one attached hydrogen (secondary N) is 2. The third-order valence-corrected chi connectivity index (χ3v) is 4.33. The van der Waals surface area contributed by atoms with Gasteiger partial charge in [0.05, 0.1) is 6.54 Å². The van der Waals surface area contributed by atoms with Gasteiger partial charge in [-0.15, -0.1) is 10.2 Å². The molecule has 0 aliphatic carbocycles. The van der Waals surface area contributed by atoms with Crippen molar-refractivity contribution >= 4 is 40.8 Å². The summed E-state index contributed by atoms with van der Waals surface area (Å²) in [5.74, 6) is -1.06. The number of hydrogen-bond acceptors (Lipinski definition) is 9. The molecule has 0 spiro atoms. The number of carbonyl (C=O) groups is 3. The maximum Gasteiger partial charge on any atom is 0.328 e. The highest BCUT2D eigenvalue weighted by atomic mass is 16.5. The first-order valence-corrected chi connectivity index (χ1v) is 10.2. The Balaban J connectivity index is 1.61. The molecule has 0 aliphatic rings. The molecule has 3 rings (SSSR count). The van der Waals surface area contributed by atoms with Gasteiger partial charge in [0.25, 0.3) is 5.91 Å². The average Bonchev–Trinajstić information content (AvgIpc) is 2.83. The summed E-state index contributed by atoms with van der Waals surface area (Å²) in [6, 6.07) is 17.3. The molecule has 0 bridgehead atoms. The second-order valence-electron chi connectivity index (χ2n) is 7.08. The molecule has 11 nitrogen and oxygen atoms in total. The Bertz CT molecular complexity index is 1210. The van der Waals surface area contributed by atoms with E-state index in [1.54, 1.807) is 54.6 Å². The molecule has 1 aromatic heterocycles. The van der Waals surface area contributed by atoms with Gasteiger partial charge in [-0.1, -0.05) is 30.3 Å². The fourth-order valence-corrected chi connectivity index (χ4v) is 2.60. The molecule has 0 radical (unpaired) electrons. The molecule has 2 amide bonds. The first-order chi connectivity index (χ1) is 16.3. The molecule has 0 aliphatic heterocycles. The molecule has 0 saturated carbocycles. The number of nitrogens with two attached hydrogens (primary N) is 2. The third kappa shape index (κ3) is 6.68. The van der Waals surface area contributed by atoms with E-state index in [1.165, 1.54) is 19.1 Å². The number of nitrogens with zero attached hydrogens (tertiary/aromatic N) is 3. The molecule has 1 heterocycles. The number of anilines is 2. The van der Waals surface area contributed by atoms with Crippen LogP contribution in [0.15, 0.2) is 77.0 Å². The van der Waals surface area contributed by atoms with Gasteiger partial charge in [-0.3, -0.25) is 9.59 Å². The van der Waals surface area contributed by atoms with E-state index in [9.17, 15) is 14.4 Å². The number of esters is 1. The minimum absolute atomic E-state index is 0.0138. The van der Waals surface area contributed by atoms with E-state index in [0.717, 1.165) is 0 Å². The molecule has 3 aromatic rings. The number of carbonyl (C=O) groups excluding carboxylic acids is 3. The van der Waals surface area contributed by atoms with E-state index in [0.29, 0.717) is 11.3 Å². The van der Waals surface area contributed by atoms with Gasteiger partial charge in [0.2, 0.25) is 5.91 Å². The van der Waals surface area contributed by atoms with Gasteiger partial charge in [-0.05, 0) is 43.3 Å². The minimum atomic E-state index is -0.792. The standard InChI is InChI=1S/C23H23N7O4/c1-14(24)23(33)34-18-10-6-5-9-16(18)29-30-17-11-12-19(28-21(17)25)27-20(31)13-26-22(32)15-7-3-2-4-8-15/h2-12,14H,13,24H2,1H3,(H,26,32)(H3,25,27,28,31)/t14-/m0/s1. The van der Waals surface area contributed by atoms with Crippen LogP contribution in [-0.2, 0) is 9.59 Å². The number of nitrogen functional groups attached to an aromatic ring is 1. The van der Waals surface area contributed by atoms with Crippen molar-refractivity contribution in [3.8, 4) is 5.75 Å². The van der Waals surface area contributed by atoms with Crippen LogP contribution >= 0.6 is 0 Å². The van der Waals surface area contributed by atoms with E-state index in [2.05, 4.69) is 25.8 Å². The normalized spacial score (nSPS) is 11.6. The van der Waals surface area contributed by atoms with Crippen molar-refractivity contribution in [2.45, 2.75) is 13.0 Å². The van der Waals surface area contributed by atoms with Gasteiger partial charge >= 0.3 is 5.97 Å². The summed E-state index contributed by atoms with van der Waals surface area (Å²) in [6.45, 7) is 1.27. The Morgan fingerprint density at radius 1 is 0.971 bits per heavy atom. The van der Waals surface area contributed by atoms with Gasteiger partial charge in [-0.2, -0.15) is 0 Å².